The summed E-state index contributed by atoms with van der Waals surface area (Å²) in [6.45, 7) is 0. The molecule has 0 heterocycles. The number of hydrogen-bond acceptors (Lipinski definition) is 2. The van der Waals surface area contributed by atoms with Gasteiger partial charge in [-0.25, -0.2) is 8.42 Å². The fourth-order valence-electron chi connectivity index (χ4n) is 0.175. The van der Waals surface area contributed by atoms with E-state index in [1.165, 1.54) is 0 Å². The zero-order valence-corrected chi connectivity index (χ0v) is 4.75. The maximum atomic E-state index is 10.0. The smallest absolute Gasteiger partial charge is 0.210 e. The third-order valence-electron chi connectivity index (χ3n) is 0.544. The molecule has 0 bridgehead atoms. The van der Waals surface area contributed by atoms with E-state index in [0.717, 1.165) is 0 Å². The molecule has 0 atom stereocenters. The van der Waals surface area contributed by atoms with Crippen LogP contribution in [0.3, 0.4) is 0 Å². The first-order chi connectivity index (χ1) is 3.11. The zero-order chi connectivity index (χ0) is 5.49. The van der Waals surface area contributed by atoms with Crippen molar-refractivity contribution < 1.29 is 8.42 Å². The Morgan fingerprint density at radius 2 is 1.86 bits per heavy atom. The Hall–Kier alpha value is -0.200. The van der Waals surface area contributed by atoms with Crippen LogP contribution < -0.4 is 0 Å². The Balaban J connectivity index is 2.75. The number of halogens is 1. The molecule has 38 valence electrons. The van der Waals surface area contributed by atoms with Crippen molar-refractivity contribution in [3.8, 4) is 11.8 Å². The predicted octanol–water partition coefficient (Wildman–Crippen LogP) is -0.0594. The lowest BCUT2D eigenvalue weighted by atomic mass is 10.8. The third kappa shape index (κ3) is 1.08. The highest BCUT2D eigenvalue weighted by atomic mass is 35.7. The van der Waals surface area contributed by atoms with Crippen LogP contribution in [0.2, 0.25) is 0 Å². The van der Waals surface area contributed by atoms with Crippen molar-refractivity contribution in [3.05, 3.63) is 0 Å². The van der Waals surface area contributed by atoms with Gasteiger partial charge in [-0.2, -0.15) is 0 Å². The van der Waals surface area contributed by atoms with E-state index in [0.29, 0.717) is 0 Å². The molecule has 0 aromatic heterocycles. The molecule has 0 aromatic carbocycles. The Bertz CT molecular complexity index is 221. The topological polar surface area (TPSA) is 34.1 Å². The molecule has 0 saturated heterocycles. The largest absolute Gasteiger partial charge is 0.258 e. The van der Waals surface area contributed by atoms with Gasteiger partial charge in [0.05, 0.1) is 0 Å². The van der Waals surface area contributed by atoms with E-state index in [9.17, 15) is 8.42 Å². The van der Waals surface area contributed by atoms with E-state index in [1.807, 2.05) is 0 Å². The summed E-state index contributed by atoms with van der Waals surface area (Å²) in [6.07, 6.45) is 0. The van der Waals surface area contributed by atoms with Crippen molar-refractivity contribution in [2.24, 2.45) is 0 Å². The Kier molecular flexibility index (Phi) is 0.810. The van der Waals surface area contributed by atoms with Gasteiger partial charge in [0.2, 0.25) is 0 Å². The summed E-state index contributed by atoms with van der Waals surface area (Å²) in [5.74, 6) is 4.61. The second kappa shape index (κ2) is 1.15. The summed E-state index contributed by atoms with van der Waals surface area (Å²) < 4.78 is 20.1. The second-order valence-electron chi connectivity index (χ2n) is 1.14. The summed E-state index contributed by atoms with van der Waals surface area (Å²) in [5.41, 5.74) is 0. The van der Waals surface area contributed by atoms with E-state index in [-0.39, 0.29) is 0 Å². The van der Waals surface area contributed by atoms with Gasteiger partial charge in [0.25, 0.3) is 9.05 Å². The van der Waals surface area contributed by atoms with Crippen LogP contribution in [-0.2, 0) is 9.05 Å². The lowest BCUT2D eigenvalue weighted by Crippen LogP contribution is -1.98. The van der Waals surface area contributed by atoms with Crippen LogP contribution in [0.1, 0.15) is 0 Å². The van der Waals surface area contributed by atoms with Gasteiger partial charge in [-0.15, -0.1) is 0 Å². The van der Waals surface area contributed by atoms with Crippen molar-refractivity contribution in [1.29, 1.82) is 0 Å². The van der Waals surface area contributed by atoms with E-state index in [2.05, 4.69) is 11.8 Å². The highest BCUT2D eigenvalue weighted by molar-refractivity contribution is 8.14. The van der Waals surface area contributed by atoms with Crippen LogP contribution in [0, 0.1) is 11.8 Å². The molecule has 1 rings (SSSR count). The first kappa shape index (κ1) is 4.95. The molecule has 0 amide bonds. The SMILES string of the molecule is O=S(=O)(Cl)C1C#C1. The minimum atomic E-state index is -3.38. The number of hydrogen-bond donors (Lipinski definition) is 0. The van der Waals surface area contributed by atoms with E-state index < -0.39 is 14.3 Å². The average molecular weight is 137 g/mol. The molecule has 2 nitrogen and oxygen atoms in total. The Morgan fingerprint density at radius 1 is 1.43 bits per heavy atom. The maximum Gasteiger partial charge on any atom is 0.258 e. The number of rotatable bonds is 1. The zero-order valence-electron chi connectivity index (χ0n) is 3.18. The lowest BCUT2D eigenvalue weighted by molar-refractivity contribution is 0.610. The van der Waals surface area contributed by atoms with Crippen LogP contribution in [0.4, 0.5) is 0 Å². The molecular weight excluding hydrogens is 136 g/mol. The van der Waals surface area contributed by atoms with Gasteiger partial charge in [0, 0.05) is 10.7 Å². The van der Waals surface area contributed by atoms with Gasteiger partial charge in [-0.05, 0) is 0 Å². The van der Waals surface area contributed by atoms with Gasteiger partial charge >= 0.3 is 0 Å². The molecule has 4 heteroatoms. The third-order valence-corrected chi connectivity index (χ3v) is 1.88. The normalized spacial score (nSPS) is 17.9. The van der Waals surface area contributed by atoms with Crippen LogP contribution in [-0.4, -0.2) is 13.7 Å². The monoisotopic (exact) mass is 136 g/mol. The summed E-state index contributed by atoms with van der Waals surface area (Å²) in [7, 11) is 1.40. The Labute approximate surface area is 45.9 Å². The highest BCUT2D eigenvalue weighted by Gasteiger charge is 2.24. The van der Waals surface area contributed by atoms with Crippen LogP contribution >= 0.6 is 10.7 Å². The van der Waals surface area contributed by atoms with Gasteiger partial charge in [0.15, 0.2) is 5.25 Å². The van der Waals surface area contributed by atoms with E-state index in [4.69, 9.17) is 10.7 Å². The minimum Gasteiger partial charge on any atom is -0.210 e. The van der Waals surface area contributed by atoms with Crippen molar-refractivity contribution in [1.82, 2.24) is 0 Å². The molecule has 0 radical (unpaired) electrons. The van der Waals surface area contributed by atoms with Crippen LogP contribution in [0.15, 0.2) is 0 Å². The first-order valence-corrected chi connectivity index (χ1v) is 3.92. The highest BCUT2D eigenvalue weighted by Crippen LogP contribution is 2.11. The van der Waals surface area contributed by atoms with Crippen LogP contribution in [0.25, 0.3) is 0 Å². The van der Waals surface area contributed by atoms with Crippen molar-refractivity contribution in [2.45, 2.75) is 5.25 Å². The molecule has 0 spiro atoms. The fraction of sp³-hybridized carbons (Fsp3) is 0.333. The van der Waals surface area contributed by atoms with Gasteiger partial charge in [-0.1, -0.05) is 11.8 Å². The quantitative estimate of drug-likeness (QED) is 0.374. The molecular formula is C3HClO2S. The fourth-order valence-corrected chi connectivity index (χ4v) is 0.792. The lowest BCUT2D eigenvalue weighted by Gasteiger charge is -1.80. The van der Waals surface area contributed by atoms with Crippen molar-refractivity contribution >= 4 is 19.7 Å². The molecule has 0 fully saturated rings. The molecule has 1 aliphatic carbocycles. The van der Waals surface area contributed by atoms with Crippen molar-refractivity contribution in [3.63, 3.8) is 0 Å². The van der Waals surface area contributed by atoms with Gasteiger partial charge in [0.1, 0.15) is 0 Å². The summed E-state index contributed by atoms with van der Waals surface area (Å²) >= 11 is 0. The standard InChI is InChI=1S/C3HClO2S/c4-7(5,6)3-1-2-3/h3H. The molecule has 1 aliphatic rings. The molecule has 0 unspecified atom stereocenters. The Morgan fingerprint density at radius 3 is 1.86 bits per heavy atom. The van der Waals surface area contributed by atoms with Gasteiger partial charge < -0.3 is 0 Å². The molecule has 0 aliphatic heterocycles. The maximum absolute atomic E-state index is 10.0. The summed E-state index contributed by atoms with van der Waals surface area (Å²) in [4.78, 5) is 0. The average Bonchev–Trinajstić information content (AvgIpc) is 1.99. The van der Waals surface area contributed by atoms with E-state index in [1.54, 1.807) is 0 Å². The van der Waals surface area contributed by atoms with Crippen LogP contribution in [0.5, 0.6) is 0 Å². The first-order valence-electron chi connectivity index (χ1n) is 1.55. The molecule has 0 saturated carbocycles. The molecule has 0 N–H and O–H groups in total. The van der Waals surface area contributed by atoms with E-state index >= 15 is 0 Å². The summed E-state index contributed by atoms with van der Waals surface area (Å²) in [5, 5.41) is -0.714. The molecule has 0 aromatic rings. The minimum absolute atomic E-state index is 0.714. The second-order valence-corrected chi connectivity index (χ2v) is 3.86. The molecule has 7 heavy (non-hydrogen) atoms. The van der Waals surface area contributed by atoms with Crippen molar-refractivity contribution in [2.75, 3.05) is 0 Å². The van der Waals surface area contributed by atoms with Gasteiger partial charge in [-0.3, -0.25) is 0 Å². The summed E-state index contributed by atoms with van der Waals surface area (Å²) in [6, 6.07) is 0. The predicted molar refractivity (Wildman–Crippen MR) is 26.3 cm³/mol.